The third-order valence-electron chi connectivity index (χ3n) is 5.34. The topological polar surface area (TPSA) is 63.6 Å². The molecule has 0 amide bonds. The molecule has 0 bridgehead atoms. The van der Waals surface area contributed by atoms with E-state index in [9.17, 15) is 14.7 Å². The van der Waals surface area contributed by atoms with E-state index in [0.29, 0.717) is 0 Å². The normalized spacial score (nSPS) is 25.4. The number of benzene rings is 2. The van der Waals surface area contributed by atoms with Gasteiger partial charge >= 0.3 is 11.9 Å². The number of rotatable bonds is 5. The van der Waals surface area contributed by atoms with E-state index in [2.05, 4.69) is 0 Å². The number of aliphatic carboxylic acids is 1. The van der Waals surface area contributed by atoms with Gasteiger partial charge in [-0.05, 0) is 42.7 Å². The fraction of sp³-hybridized carbons (Fsp3) is 0.364. The Hall–Kier alpha value is -2.62. The summed E-state index contributed by atoms with van der Waals surface area (Å²) in [5.41, 5.74) is 1.98. The highest BCUT2D eigenvalue weighted by atomic mass is 16.5. The van der Waals surface area contributed by atoms with Gasteiger partial charge in [0.25, 0.3) is 0 Å². The van der Waals surface area contributed by atoms with Crippen molar-refractivity contribution in [2.45, 2.75) is 31.6 Å². The van der Waals surface area contributed by atoms with Gasteiger partial charge in [-0.1, -0.05) is 60.7 Å². The quantitative estimate of drug-likeness (QED) is 0.818. The van der Waals surface area contributed by atoms with Crippen molar-refractivity contribution in [3.63, 3.8) is 0 Å². The molecule has 4 nitrogen and oxygen atoms in total. The van der Waals surface area contributed by atoms with E-state index >= 15 is 0 Å². The fourth-order valence-corrected chi connectivity index (χ4v) is 4.24. The van der Waals surface area contributed by atoms with Crippen molar-refractivity contribution in [3.8, 4) is 0 Å². The summed E-state index contributed by atoms with van der Waals surface area (Å²) in [4.78, 5) is 25.0. The summed E-state index contributed by atoms with van der Waals surface area (Å²) in [7, 11) is 0. The largest absolute Gasteiger partial charge is 0.481 e. The second kappa shape index (κ2) is 8.17. The Morgan fingerprint density at radius 2 is 1.35 bits per heavy atom. The molecule has 136 valence electrons. The van der Waals surface area contributed by atoms with Crippen molar-refractivity contribution < 1.29 is 19.4 Å². The Kier molecular flexibility index (Phi) is 5.71. The lowest BCUT2D eigenvalue weighted by Gasteiger charge is -2.40. The first kappa shape index (κ1) is 18.2. The van der Waals surface area contributed by atoms with Crippen LogP contribution >= 0.6 is 0 Å². The smallest absolute Gasteiger partial charge is 0.310 e. The van der Waals surface area contributed by atoms with Crippen LogP contribution in [0.4, 0.5) is 0 Å². The van der Waals surface area contributed by atoms with Gasteiger partial charge in [0.05, 0.1) is 18.4 Å². The number of hydrogen-bond acceptors (Lipinski definition) is 3. The molecule has 0 saturated heterocycles. The number of carbonyl (C=O) groups excluding carboxylic acids is 1. The van der Waals surface area contributed by atoms with Crippen LogP contribution in [0.5, 0.6) is 0 Å². The molecule has 3 rings (SSSR count). The van der Waals surface area contributed by atoms with Crippen molar-refractivity contribution in [3.05, 3.63) is 71.8 Å². The van der Waals surface area contributed by atoms with E-state index in [-0.39, 0.29) is 18.4 Å². The first-order valence-corrected chi connectivity index (χ1v) is 9.12. The summed E-state index contributed by atoms with van der Waals surface area (Å²) < 4.78 is 5.30. The van der Waals surface area contributed by atoms with Crippen LogP contribution in [0.15, 0.2) is 60.7 Å². The summed E-state index contributed by atoms with van der Waals surface area (Å²) in [6.45, 7) is 2.00. The van der Waals surface area contributed by atoms with Gasteiger partial charge in [-0.2, -0.15) is 0 Å². The summed E-state index contributed by atoms with van der Waals surface area (Å²) in [5, 5.41) is 10.0. The minimum absolute atomic E-state index is 0.142. The Morgan fingerprint density at radius 1 is 0.885 bits per heavy atom. The molecule has 1 aliphatic rings. The standard InChI is InChI=1S/C22H24O4/c1-2-26-22(25)20-18(16-11-7-4-8-12-16)14-13-17(19(20)21(23)24)15-9-5-3-6-10-15/h3-12,17-20H,2,13-14H2,1H3,(H,23,24)/t17-,18-,19+,20+/m0/s1. The van der Waals surface area contributed by atoms with Crippen LogP contribution in [-0.2, 0) is 14.3 Å². The summed E-state index contributed by atoms with van der Waals surface area (Å²) in [6.07, 6.45) is 1.49. The van der Waals surface area contributed by atoms with Gasteiger partial charge in [0.1, 0.15) is 0 Å². The van der Waals surface area contributed by atoms with Crippen molar-refractivity contribution >= 4 is 11.9 Å². The molecule has 1 fully saturated rings. The highest BCUT2D eigenvalue weighted by molar-refractivity contribution is 5.83. The first-order chi connectivity index (χ1) is 12.6. The minimum Gasteiger partial charge on any atom is -0.481 e. The van der Waals surface area contributed by atoms with Gasteiger partial charge in [-0.3, -0.25) is 9.59 Å². The Labute approximate surface area is 153 Å². The third-order valence-corrected chi connectivity index (χ3v) is 5.34. The number of esters is 1. The molecule has 26 heavy (non-hydrogen) atoms. The lowest BCUT2D eigenvalue weighted by atomic mass is 9.63. The summed E-state index contributed by atoms with van der Waals surface area (Å²) in [6, 6.07) is 19.4. The molecule has 1 saturated carbocycles. The van der Waals surface area contributed by atoms with E-state index in [0.717, 1.165) is 24.0 Å². The summed E-state index contributed by atoms with van der Waals surface area (Å²) >= 11 is 0. The molecule has 0 radical (unpaired) electrons. The average molecular weight is 352 g/mol. The van der Waals surface area contributed by atoms with Crippen LogP contribution < -0.4 is 0 Å². The van der Waals surface area contributed by atoms with E-state index < -0.39 is 23.8 Å². The van der Waals surface area contributed by atoms with Gasteiger partial charge in [0, 0.05) is 0 Å². The molecule has 4 atom stereocenters. The second-order valence-electron chi connectivity index (χ2n) is 6.75. The maximum Gasteiger partial charge on any atom is 0.310 e. The van der Waals surface area contributed by atoms with Crippen LogP contribution in [0, 0.1) is 11.8 Å². The second-order valence-corrected chi connectivity index (χ2v) is 6.75. The van der Waals surface area contributed by atoms with Gasteiger partial charge in [-0.15, -0.1) is 0 Å². The molecule has 1 aliphatic carbocycles. The Balaban J connectivity index is 2.03. The van der Waals surface area contributed by atoms with E-state index in [1.807, 2.05) is 60.7 Å². The molecular formula is C22H24O4. The van der Waals surface area contributed by atoms with Crippen LogP contribution in [0.2, 0.25) is 0 Å². The van der Waals surface area contributed by atoms with Gasteiger partial charge in [0.15, 0.2) is 0 Å². The minimum atomic E-state index is -0.933. The highest BCUT2D eigenvalue weighted by Gasteiger charge is 2.48. The highest BCUT2D eigenvalue weighted by Crippen LogP contribution is 2.48. The third kappa shape index (κ3) is 3.64. The lowest BCUT2D eigenvalue weighted by Crippen LogP contribution is -2.42. The molecule has 0 aliphatic heterocycles. The molecule has 4 heteroatoms. The number of carboxylic acid groups (broad SMARTS) is 1. The molecule has 0 aromatic heterocycles. The maximum atomic E-state index is 12.8. The zero-order valence-corrected chi connectivity index (χ0v) is 14.9. The predicted octanol–water partition coefficient (Wildman–Crippen LogP) is 4.23. The molecule has 2 aromatic rings. The van der Waals surface area contributed by atoms with Crippen molar-refractivity contribution in [2.24, 2.45) is 11.8 Å². The predicted molar refractivity (Wildman–Crippen MR) is 98.8 cm³/mol. The first-order valence-electron chi connectivity index (χ1n) is 9.12. The lowest BCUT2D eigenvalue weighted by molar-refractivity contribution is -0.161. The molecule has 0 heterocycles. The van der Waals surface area contributed by atoms with Crippen LogP contribution in [0.1, 0.15) is 42.7 Å². The van der Waals surface area contributed by atoms with Crippen molar-refractivity contribution in [2.75, 3.05) is 6.61 Å². The van der Waals surface area contributed by atoms with E-state index in [1.54, 1.807) is 6.92 Å². The summed E-state index contributed by atoms with van der Waals surface area (Å²) in [5.74, 6) is -3.16. The maximum absolute atomic E-state index is 12.8. The average Bonchev–Trinajstić information content (AvgIpc) is 2.68. The molecule has 2 aromatic carbocycles. The Bertz CT molecular complexity index is 741. The number of carbonyl (C=O) groups is 2. The molecule has 1 N–H and O–H groups in total. The SMILES string of the molecule is CCOC(=O)[C@H]1[C@H](C(=O)O)[C@H](c2ccccc2)CC[C@H]1c1ccccc1. The van der Waals surface area contributed by atoms with Crippen LogP contribution in [0.3, 0.4) is 0 Å². The number of hydrogen-bond donors (Lipinski definition) is 1. The molecular weight excluding hydrogens is 328 g/mol. The monoisotopic (exact) mass is 352 g/mol. The van der Waals surface area contributed by atoms with Gasteiger partial charge in [0.2, 0.25) is 0 Å². The zero-order chi connectivity index (χ0) is 18.5. The number of ether oxygens (including phenoxy) is 1. The van der Waals surface area contributed by atoms with Gasteiger partial charge < -0.3 is 9.84 Å². The van der Waals surface area contributed by atoms with E-state index in [1.165, 1.54) is 0 Å². The Morgan fingerprint density at radius 3 is 1.77 bits per heavy atom. The fourth-order valence-electron chi connectivity index (χ4n) is 4.24. The molecule has 0 spiro atoms. The van der Waals surface area contributed by atoms with E-state index in [4.69, 9.17) is 4.74 Å². The van der Waals surface area contributed by atoms with Crippen LogP contribution in [0.25, 0.3) is 0 Å². The van der Waals surface area contributed by atoms with Gasteiger partial charge in [-0.25, -0.2) is 0 Å². The van der Waals surface area contributed by atoms with Crippen LogP contribution in [-0.4, -0.2) is 23.7 Å². The number of carboxylic acids is 1. The van der Waals surface area contributed by atoms with Crippen molar-refractivity contribution in [1.82, 2.24) is 0 Å². The van der Waals surface area contributed by atoms with Crippen molar-refractivity contribution in [1.29, 1.82) is 0 Å². The molecule has 0 unspecified atom stereocenters. The zero-order valence-electron chi connectivity index (χ0n) is 14.9.